The molecule has 3 rings (SSSR count). The number of methoxy groups -OCH3 is 1. The molecule has 0 bridgehead atoms. The molecule has 1 amide bonds. The second kappa shape index (κ2) is 11.4. The number of benzene rings is 3. The van der Waals surface area contributed by atoms with Crippen LogP contribution in [-0.4, -0.2) is 19.6 Å². The Morgan fingerprint density at radius 2 is 1.75 bits per heavy atom. The molecule has 0 saturated carbocycles. The van der Waals surface area contributed by atoms with Crippen LogP contribution in [-0.2, 0) is 22.7 Å². The number of aryl methyl sites for hydroxylation is 1. The van der Waals surface area contributed by atoms with E-state index in [0.29, 0.717) is 24.5 Å². The predicted octanol–water partition coefficient (Wildman–Crippen LogP) is 6.14. The molecule has 4 heteroatoms. The van der Waals surface area contributed by atoms with Crippen LogP contribution < -0.4 is 5.32 Å². The predicted molar refractivity (Wildman–Crippen MR) is 130 cm³/mol. The van der Waals surface area contributed by atoms with E-state index in [0.717, 1.165) is 40.8 Å². The molecular weight excluding hydrogens is 398 g/mol. The molecule has 3 aromatic rings. The van der Waals surface area contributed by atoms with Gasteiger partial charge in [-0.2, -0.15) is 0 Å². The van der Waals surface area contributed by atoms with Gasteiger partial charge in [-0.25, -0.2) is 0 Å². The van der Waals surface area contributed by atoms with E-state index in [-0.39, 0.29) is 5.91 Å². The molecule has 4 nitrogen and oxygen atoms in total. The Morgan fingerprint density at radius 3 is 2.50 bits per heavy atom. The third-order valence-electron chi connectivity index (χ3n) is 5.26. The summed E-state index contributed by atoms with van der Waals surface area (Å²) in [5.41, 5.74) is 7.40. The summed E-state index contributed by atoms with van der Waals surface area (Å²) < 4.78 is 11.0. The van der Waals surface area contributed by atoms with Gasteiger partial charge in [-0.15, -0.1) is 0 Å². The van der Waals surface area contributed by atoms with Crippen LogP contribution in [0, 0.1) is 6.92 Å². The summed E-state index contributed by atoms with van der Waals surface area (Å²) in [6.07, 6.45) is 0.982. The lowest BCUT2D eigenvalue weighted by molar-refractivity contribution is 0.0973. The SMILES string of the molecule is C=C(NC(=O)c1ccc(-c2ccccc2C)c(COC)c1)c1cccc(COCCC)c1. The van der Waals surface area contributed by atoms with E-state index in [1.54, 1.807) is 7.11 Å². The van der Waals surface area contributed by atoms with Crippen molar-refractivity contribution in [3.05, 3.63) is 101 Å². The van der Waals surface area contributed by atoms with Crippen LogP contribution in [0.2, 0.25) is 0 Å². The fourth-order valence-electron chi connectivity index (χ4n) is 3.61. The largest absolute Gasteiger partial charge is 0.380 e. The maximum atomic E-state index is 13.0. The fourth-order valence-corrected chi connectivity index (χ4v) is 3.61. The average Bonchev–Trinajstić information content (AvgIpc) is 2.80. The van der Waals surface area contributed by atoms with Crippen LogP contribution >= 0.6 is 0 Å². The molecule has 0 aliphatic heterocycles. The highest BCUT2D eigenvalue weighted by molar-refractivity contribution is 6.00. The number of carbonyl (C=O) groups is 1. The van der Waals surface area contributed by atoms with Gasteiger partial charge in [-0.1, -0.05) is 62.0 Å². The zero-order valence-corrected chi connectivity index (χ0v) is 19.1. The topological polar surface area (TPSA) is 47.6 Å². The number of rotatable bonds is 10. The molecule has 0 heterocycles. The van der Waals surface area contributed by atoms with Crippen LogP contribution in [0.1, 0.15) is 46.0 Å². The van der Waals surface area contributed by atoms with E-state index in [4.69, 9.17) is 9.47 Å². The zero-order chi connectivity index (χ0) is 22.9. The van der Waals surface area contributed by atoms with Crippen molar-refractivity contribution >= 4 is 11.6 Å². The van der Waals surface area contributed by atoms with Gasteiger partial charge in [0, 0.05) is 25.0 Å². The summed E-state index contributed by atoms with van der Waals surface area (Å²) in [5, 5.41) is 2.93. The van der Waals surface area contributed by atoms with Gasteiger partial charge in [-0.05, 0) is 64.9 Å². The molecule has 1 N–H and O–H groups in total. The van der Waals surface area contributed by atoms with Gasteiger partial charge in [0.1, 0.15) is 0 Å². The van der Waals surface area contributed by atoms with E-state index < -0.39 is 0 Å². The monoisotopic (exact) mass is 429 g/mol. The van der Waals surface area contributed by atoms with E-state index in [9.17, 15) is 4.79 Å². The molecule has 0 unspecified atom stereocenters. The minimum absolute atomic E-state index is 0.198. The second-order valence-corrected chi connectivity index (χ2v) is 7.81. The Hall–Kier alpha value is -3.21. The summed E-state index contributed by atoms with van der Waals surface area (Å²) in [4.78, 5) is 13.0. The van der Waals surface area contributed by atoms with Gasteiger partial charge in [0.2, 0.25) is 0 Å². The van der Waals surface area contributed by atoms with E-state index in [1.165, 1.54) is 5.56 Å². The van der Waals surface area contributed by atoms with E-state index in [2.05, 4.69) is 37.9 Å². The van der Waals surface area contributed by atoms with Crippen molar-refractivity contribution in [2.24, 2.45) is 0 Å². The van der Waals surface area contributed by atoms with Crippen molar-refractivity contribution in [2.75, 3.05) is 13.7 Å². The van der Waals surface area contributed by atoms with Gasteiger partial charge >= 0.3 is 0 Å². The van der Waals surface area contributed by atoms with Crippen molar-refractivity contribution in [2.45, 2.75) is 33.5 Å². The Bertz CT molecular complexity index is 1090. The Labute approximate surface area is 190 Å². The molecule has 0 atom stereocenters. The molecule has 166 valence electrons. The number of hydrogen-bond acceptors (Lipinski definition) is 3. The first-order valence-electron chi connectivity index (χ1n) is 10.9. The molecule has 0 radical (unpaired) electrons. The summed E-state index contributed by atoms with van der Waals surface area (Å²) >= 11 is 0. The van der Waals surface area contributed by atoms with Crippen LogP contribution in [0.25, 0.3) is 16.8 Å². The standard InChI is InChI=1S/C28H31NO3/c1-5-15-32-18-22-10-8-11-23(16-22)21(3)29-28(30)24-13-14-27(25(17-24)19-31-4)26-12-7-6-9-20(26)2/h6-14,16-17H,3,5,15,18-19H2,1-2,4H3,(H,29,30). The highest BCUT2D eigenvalue weighted by atomic mass is 16.5. The van der Waals surface area contributed by atoms with Gasteiger partial charge in [-0.3, -0.25) is 4.79 Å². The van der Waals surface area contributed by atoms with Crippen LogP contribution in [0.3, 0.4) is 0 Å². The quantitative estimate of drug-likeness (QED) is 0.394. The zero-order valence-electron chi connectivity index (χ0n) is 19.1. The summed E-state index contributed by atoms with van der Waals surface area (Å²) in [5.74, 6) is -0.198. The minimum atomic E-state index is -0.198. The maximum absolute atomic E-state index is 13.0. The van der Waals surface area contributed by atoms with Gasteiger partial charge in [0.05, 0.1) is 13.2 Å². The van der Waals surface area contributed by atoms with Gasteiger partial charge in [0.15, 0.2) is 0 Å². The molecule has 32 heavy (non-hydrogen) atoms. The lowest BCUT2D eigenvalue weighted by atomic mass is 9.94. The summed E-state index contributed by atoms with van der Waals surface area (Å²) in [7, 11) is 1.66. The first-order valence-corrected chi connectivity index (χ1v) is 10.9. The van der Waals surface area contributed by atoms with Gasteiger partial charge < -0.3 is 14.8 Å². The average molecular weight is 430 g/mol. The molecule has 3 aromatic carbocycles. The summed E-state index contributed by atoms with van der Waals surface area (Å²) in [6, 6.07) is 21.8. The van der Waals surface area contributed by atoms with Crippen LogP contribution in [0.15, 0.2) is 73.3 Å². The molecule has 0 fully saturated rings. The highest BCUT2D eigenvalue weighted by Gasteiger charge is 2.13. The lowest BCUT2D eigenvalue weighted by Gasteiger charge is -2.15. The fraction of sp³-hybridized carbons (Fsp3) is 0.250. The van der Waals surface area contributed by atoms with Gasteiger partial charge in [0.25, 0.3) is 5.91 Å². The maximum Gasteiger partial charge on any atom is 0.255 e. The minimum Gasteiger partial charge on any atom is -0.380 e. The Kier molecular flexibility index (Phi) is 8.37. The first kappa shape index (κ1) is 23.5. The molecule has 0 saturated heterocycles. The van der Waals surface area contributed by atoms with Crippen LogP contribution in [0.5, 0.6) is 0 Å². The molecule has 0 spiro atoms. The number of ether oxygens (including phenoxy) is 2. The molecule has 0 aliphatic carbocycles. The number of nitrogens with one attached hydrogen (secondary N) is 1. The van der Waals surface area contributed by atoms with Crippen molar-refractivity contribution in [3.63, 3.8) is 0 Å². The lowest BCUT2D eigenvalue weighted by Crippen LogP contribution is -2.21. The molecular formula is C28H31NO3. The van der Waals surface area contributed by atoms with E-state index >= 15 is 0 Å². The number of hydrogen-bond donors (Lipinski definition) is 1. The Morgan fingerprint density at radius 1 is 0.938 bits per heavy atom. The highest BCUT2D eigenvalue weighted by Crippen LogP contribution is 2.28. The Balaban J connectivity index is 1.78. The number of carbonyl (C=O) groups excluding carboxylic acids is 1. The van der Waals surface area contributed by atoms with Crippen molar-refractivity contribution in [1.29, 1.82) is 0 Å². The third kappa shape index (κ3) is 5.94. The van der Waals surface area contributed by atoms with Crippen LogP contribution in [0.4, 0.5) is 0 Å². The number of amides is 1. The van der Waals surface area contributed by atoms with Crippen molar-refractivity contribution in [1.82, 2.24) is 5.32 Å². The molecule has 0 aromatic heterocycles. The second-order valence-electron chi connectivity index (χ2n) is 7.81. The molecule has 0 aliphatic rings. The van der Waals surface area contributed by atoms with E-state index in [1.807, 2.05) is 54.6 Å². The van der Waals surface area contributed by atoms with Crippen molar-refractivity contribution in [3.8, 4) is 11.1 Å². The first-order chi connectivity index (χ1) is 15.5. The third-order valence-corrected chi connectivity index (χ3v) is 5.26. The smallest absolute Gasteiger partial charge is 0.255 e. The van der Waals surface area contributed by atoms with Crippen molar-refractivity contribution < 1.29 is 14.3 Å². The normalized spacial score (nSPS) is 10.7. The summed E-state index contributed by atoms with van der Waals surface area (Å²) in [6.45, 7) is 9.92.